The van der Waals surface area contributed by atoms with Crippen molar-refractivity contribution in [2.75, 3.05) is 0 Å². The summed E-state index contributed by atoms with van der Waals surface area (Å²) in [6.07, 6.45) is 3.29. The first-order chi connectivity index (χ1) is 7.10. The maximum atomic E-state index is 11.2. The first-order valence-corrected chi connectivity index (χ1v) is 6.13. The molecule has 0 aromatic rings. The lowest BCUT2D eigenvalue weighted by Crippen LogP contribution is -2.09. The average molecular weight is 214 g/mol. The smallest absolute Gasteiger partial charge is 0.133 e. The van der Waals surface area contributed by atoms with Crippen LogP contribution in [0.1, 0.15) is 66.7 Å². The van der Waals surface area contributed by atoms with Crippen LogP contribution in [0.2, 0.25) is 0 Å². The molecule has 0 N–H and O–H groups in total. The molecule has 0 amide bonds. The second kappa shape index (κ2) is 11.4. The van der Waals surface area contributed by atoms with Crippen molar-refractivity contribution >= 4 is 11.6 Å². The van der Waals surface area contributed by atoms with E-state index in [1.807, 2.05) is 34.6 Å². The Kier molecular flexibility index (Phi) is 12.8. The van der Waals surface area contributed by atoms with Crippen LogP contribution in [0.15, 0.2) is 0 Å². The van der Waals surface area contributed by atoms with Gasteiger partial charge in [0, 0.05) is 25.7 Å². The zero-order valence-corrected chi connectivity index (χ0v) is 10.9. The molecule has 0 aliphatic heterocycles. The van der Waals surface area contributed by atoms with E-state index in [0.29, 0.717) is 31.5 Å². The molecule has 0 heterocycles. The highest BCUT2D eigenvalue weighted by Crippen LogP contribution is 2.11. The van der Waals surface area contributed by atoms with Crippen LogP contribution in [0.4, 0.5) is 0 Å². The molecule has 0 aliphatic carbocycles. The summed E-state index contributed by atoms with van der Waals surface area (Å²) in [7, 11) is 0. The summed E-state index contributed by atoms with van der Waals surface area (Å²) in [5, 5.41) is 0. The van der Waals surface area contributed by atoms with Crippen molar-refractivity contribution in [1.82, 2.24) is 0 Å². The van der Waals surface area contributed by atoms with Gasteiger partial charge in [-0.25, -0.2) is 0 Å². The maximum Gasteiger partial charge on any atom is 0.133 e. The van der Waals surface area contributed by atoms with E-state index in [4.69, 9.17) is 0 Å². The summed E-state index contributed by atoms with van der Waals surface area (Å²) in [5.41, 5.74) is 0. The minimum Gasteiger partial charge on any atom is -0.300 e. The maximum absolute atomic E-state index is 11.2. The number of Topliss-reactive ketones (excluding diaryl/α,β-unsaturated/α-hetero) is 2. The standard InChI is InChI=1S/C11H20O2.C2H6/c1-4-6-11(13)8-9(3)7-10(12)5-2;1-2/h9H,4-8H2,1-3H3;1-2H3. The Morgan fingerprint density at radius 2 is 1.47 bits per heavy atom. The van der Waals surface area contributed by atoms with E-state index in [1.165, 1.54) is 0 Å². The van der Waals surface area contributed by atoms with E-state index < -0.39 is 0 Å². The summed E-state index contributed by atoms with van der Waals surface area (Å²) >= 11 is 0. The number of ketones is 2. The molecule has 0 saturated carbocycles. The minimum atomic E-state index is 0.228. The molecule has 0 aromatic carbocycles. The molecular formula is C13H26O2. The Hall–Kier alpha value is -0.660. The lowest BCUT2D eigenvalue weighted by molar-refractivity contribution is -0.121. The Balaban J connectivity index is 0. The monoisotopic (exact) mass is 214 g/mol. The van der Waals surface area contributed by atoms with E-state index in [2.05, 4.69) is 0 Å². The molecule has 0 aromatic heterocycles. The molecule has 1 atom stereocenters. The number of rotatable bonds is 7. The summed E-state index contributed by atoms with van der Waals surface area (Å²) in [6.45, 7) is 9.84. The Labute approximate surface area is 94.4 Å². The highest BCUT2D eigenvalue weighted by atomic mass is 16.1. The Bertz CT molecular complexity index is 173. The van der Waals surface area contributed by atoms with Gasteiger partial charge in [0.05, 0.1) is 0 Å². The van der Waals surface area contributed by atoms with Gasteiger partial charge in [-0.2, -0.15) is 0 Å². The van der Waals surface area contributed by atoms with Crippen LogP contribution in [-0.4, -0.2) is 11.6 Å². The number of carbonyl (C=O) groups is 2. The van der Waals surface area contributed by atoms with Crippen molar-refractivity contribution in [2.24, 2.45) is 5.92 Å². The van der Waals surface area contributed by atoms with E-state index in [0.717, 1.165) is 6.42 Å². The first-order valence-electron chi connectivity index (χ1n) is 6.13. The van der Waals surface area contributed by atoms with E-state index in [9.17, 15) is 9.59 Å². The molecule has 0 rings (SSSR count). The van der Waals surface area contributed by atoms with Crippen LogP contribution in [0, 0.1) is 5.92 Å². The molecule has 0 radical (unpaired) electrons. The van der Waals surface area contributed by atoms with E-state index in [1.54, 1.807) is 0 Å². The highest BCUT2D eigenvalue weighted by Gasteiger charge is 2.11. The zero-order valence-electron chi connectivity index (χ0n) is 10.9. The highest BCUT2D eigenvalue weighted by molar-refractivity contribution is 5.81. The quantitative estimate of drug-likeness (QED) is 0.646. The van der Waals surface area contributed by atoms with E-state index >= 15 is 0 Å². The van der Waals surface area contributed by atoms with Crippen molar-refractivity contribution in [3.8, 4) is 0 Å². The number of hydrogen-bond acceptors (Lipinski definition) is 2. The second-order valence-electron chi connectivity index (χ2n) is 3.69. The summed E-state index contributed by atoms with van der Waals surface area (Å²) in [6, 6.07) is 0. The van der Waals surface area contributed by atoms with Gasteiger partial charge in [-0.15, -0.1) is 0 Å². The van der Waals surface area contributed by atoms with Crippen molar-refractivity contribution in [2.45, 2.75) is 66.7 Å². The van der Waals surface area contributed by atoms with Gasteiger partial charge in [-0.1, -0.05) is 34.6 Å². The van der Waals surface area contributed by atoms with Crippen LogP contribution in [0.3, 0.4) is 0 Å². The topological polar surface area (TPSA) is 34.1 Å². The van der Waals surface area contributed by atoms with Crippen molar-refractivity contribution in [3.63, 3.8) is 0 Å². The predicted octanol–water partition coefficient (Wildman–Crippen LogP) is 3.78. The average Bonchev–Trinajstić information content (AvgIpc) is 2.20. The van der Waals surface area contributed by atoms with Gasteiger partial charge in [0.25, 0.3) is 0 Å². The molecule has 90 valence electrons. The molecule has 0 fully saturated rings. The molecule has 0 saturated heterocycles. The van der Waals surface area contributed by atoms with E-state index in [-0.39, 0.29) is 11.7 Å². The third-order valence-electron chi connectivity index (χ3n) is 2.08. The predicted molar refractivity (Wildman–Crippen MR) is 65.0 cm³/mol. The lowest BCUT2D eigenvalue weighted by atomic mass is 9.96. The van der Waals surface area contributed by atoms with Gasteiger partial charge >= 0.3 is 0 Å². The third-order valence-corrected chi connectivity index (χ3v) is 2.08. The van der Waals surface area contributed by atoms with Gasteiger partial charge in [0.2, 0.25) is 0 Å². The van der Waals surface area contributed by atoms with Crippen LogP contribution in [0.5, 0.6) is 0 Å². The van der Waals surface area contributed by atoms with Gasteiger partial charge in [0.15, 0.2) is 0 Å². The number of hydrogen-bond donors (Lipinski definition) is 0. The number of carbonyl (C=O) groups excluding carboxylic acids is 2. The van der Waals surface area contributed by atoms with Gasteiger partial charge in [0.1, 0.15) is 11.6 Å². The van der Waals surface area contributed by atoms with Crippen LogP contribution >= 0.6 is 0 Å². The van der Waals surface area contributed by atoms with Crippen LogP contribution in [-0.2, 0) is 9.59 Å². The Morgan fingerprint density at radius 1 is 1.00 bits per heavy atom. The van der Waals surface area contributed by atoms with Gasteiger partial charge in [-0.05, 0) is 12.3 Å². The molecule has 0 aliphatic rings. The molecular weight excluding hydrogens is 188 g/mol. The molecule has 1 unspecified atom stereocenters. The van der Waals surface area contributed by atoms with Crippen molar-refractivity contribution in [3.05, 3.63) is 0 Å². The summed E-state index contributed by atoms with van der Waals surface area (Å²) in [5.74, 6) is 0.780. The van der Waals surface area contributed by atoms with Crippen LogP contribution < -0.4 is 0 Å². The van der Waals surface area contributed by atoms with Crippen molar-refractivity contribution < 1.29 is 9.59 Å². The normalized spacial score (nSPS) is 11.3. The molecule has 2 nitrogen and oxygen atoms in total. The fraction of sp³-hybridized carbons (Fsp3) is 0.846. The van der Waals surface area contributed by atoms with Gasteiger partial charge < -0.3 is 0 Å². The third kappa shape index (κ3) is 11.3. The largest absolute Gasteiger partial charge is 0.300 e. The molecule has 15 heavy (non-hydrogen) atoms. The second-order valence-corrected chi connectivity index (χ2v) is 3.69. The fourth-order valence-corrected chi connectivity index (χ4v) is 1.37. The fourth-order valence-electron chi connectivity index (χ4n) is 1.37. The van der Waals surface area contributed by atoms with Crippen molar-refractivity contribution in [1.29, 1.82) is 0 Å². The minimum absolute atomic E-state index is 0.228. The van der Waals surface area contributed by atoms with Crippen LogP contribution in [0.25, 0.3) is 0 Å². The molecule has 0 bridgehead atoms. The summed E-state index contributed by atoms with van der Waals surface area (Å²) in [4.78, 5) is 22.3. The zero-order chi connectivity index (χ0) is 12.3. The van der Waals surface area contributed by atoms with Gasteiger partial charge in [-0.3, -0.25) is 9.59 Å². The first kappa shape index (κ1) is 16.8. The SMILES string of the molecule is CC.CCCC(=O)CC(C)CC(=O)CC. The molecule has 0 spiro atoms. The molecule has 2 heteroatoms. The lowest BCUT2D eigenvalue weighted by Gasteiger charge is -2.07. The Morgan fingerprint density at radius 3 is 1.87 bits per heavy atom. The summed E-state index contributed by atoms with van der Waals surface area (Å²) < 4.78 is 0.